The van der Waals surface area contributed by atoms with Crippen molar-refractivity contribution in [2.75, 3.05) is 6.61 Å². The Morgan fingerprint density at radius 2 is 1.82 bits per heavy atom. The summed E-state index contributed by atoms with van der Waals surface area (Å²) < 4.78 is 29.7. The van der Waals surface area contributed by atoms with Gasteiger partial charge in [-0.25, -0.2) is 0 Å². The number of ketones is 1. The first-order valence-electron chi connectivity index (χ1n) is 7.76. The second-order valence-corrected chi connectivity index (χ2v) is 7.44. The summed E-state index contributed by atoms with van der Waals surface area (Å²) in [6, 6.07) is 0. The van der Waals surface area contributed by atoms with E-state index in [2.05, 4.69) is 0 Å². The highest BCUT2D eigenvalue weighted by Crippen LogP contribution is 2.54. The third-order valence-electron chi connectivity index (χ3n) is 4.83. The number of fused-ring (bicyclic) bond motifs is 2. The molecule has 0 radical (unpaired) electrons. The van der Waals surface area contributed by atoms with Crippen LogP contribution in [-0.2, 0) is 28.5 Å². The van der Waals surface area contributed by atoms with E-state index >= 15 is 0 Å². The Labute approximate surface area is 129 Å². The van der Waals surface area contributed by atoms with Gasteiger partial charge in [-0.15, -0.1) is 0 Å². The Balaban J connectivity index is 1.66. The third-order valence-corrected chi connectivity index (χ3v) is 4.83. The van der Waals surface area contributed by atoms with E-state index in [-0.39, 0.29) is 24.1 Å². The van der Waals surface area contributed by atoms with E-state index in [9.17, 15) is 4.79 Å². The maximum atomic E-state index is 11.9. The first-order valence-corrected chi connectivity index (χ1v) is 7.76. The van der Waals surface area contributed by atoms with Gasteiger partial charge in [0.25, 0.3) is 0 Å². The van der Waals surface area contributed by atoms with Gasteiger partial charge < -0.3 is 23.7 Å². The van der Waals surface area contributed by atoms with Crippen molar-refractivity contribution in [3.8, 4) is 0 Å². The van der Waals surface area contributed by atoms with E-state index in [0.29, 0.717) is 13.0 Å². The second kappa shape index (κ2) is 4.39. The molecule has 4 aliphatic rings. The summed E-state index contributed by atoms with van der Waals surface area (Å²) in [4.78, 5) is 11.9. The number of rotatable bonds is 1. The Morgan fingerprint density at radius 1 is 1.05 bits per heavy atom. The van der Waals surface area contributed by atoms with Crippen LogP contribution in [0.5, 0.6) is 0 Å². The molecule has 1 spiro atoms. The molecule has 22 heavy (non-hydrogen) atoms. The summed E-state index contributed by atoms with van der Waals surface area (Å²) in [5.74, 6) is -1.26. The summed E-state index contributed by atoms with van der Waals surface area (Å²) in [7, 11) is 0. The highest BCUT2D eigenvalue weighted by Gasteiger charge is 2.66. The minimum absolute atomic E-state index is 0.0840. The van der Waals surface area contributed by atoms with E-state index in [1.807, 2.05) is 33.8 Å². The fourth-order valence-corrected chi connectivity index (χ4v) is 3.98. The van der Waals surface area contributed by atoms with Gasteiger partial charge in [-0.3, -0.25) is 4.79 Å². The molecule has 122 valence electrons. The molecule has 1 aliphatic carbocycles. The highest BCUT2D eigenvalue weighted by molar-refractivity contribution is 5.93. The van der Waals surface area contributed by atoms with Crippen LogP contribution < -0.4 is 0 Å². The van der Waals surface area contributed by atoms with Crippen molar-refractivity contribution in [3.05, 3.63) is 12.2 Å². The maximum Gasteiger partial charge on any atom is 0.188 e. The van der Waals surface area contributed by atoms with Crippen molar-refractivity contribution in [1.29, 1.82) is 0 Å². The number of ether oxygens (including phenoxy) is 5. The van der Waals surface area contributed by atoms with Crippen molar-refractivity contribution < 1.29 is 28.5 Å². The highest BCUT2D eigenvalue weighted by atomic mass is 16.8. The smallest absolute Gasteiger partial charge is 0.188 e. The molecule has 0 saturated carbocycles. The van der Waals surface area contributed by atoms with Gasteiger partial charge in [0, 0.05) is 6.42 Å². The predicted octanol–water partition coefficient (Wildman–Crippen LogP) is 1.53. The molecule has 0 bridgehead atoms. The van der Waals surface area contributed by atoms with Crippen LogP contribution in [0.3, 0.4) is 0 Å². The lowest BCUT2D eigenvalue weighted by Crippen LogP contribution is -2.46. The summed E-state index contributed by atoms with van der Waals surface area (Å²) >= 11 is 0. The first kappa shape index (κ1) is 14.8. The zero-order valence-corrected chi connectivity index (χ0v) is 13.3. The number of hydrogen-bond donors (Lipinski definition) is 0. The lowest BCUT2D eigenvalue weighted by molar-refractivity contribution is -0.233. The van der Waals surface area contributed by atoms with Gasteiger partial charge in [0.2, 0.25) is 0 Å². The van der Waals surface area contributed by atoms with Crippen LogP contribution in [-0.4, -0.2) is 48.6 Å². The Morgan fingerprint density at radius 3 is 2.41 bits per heavy atom. The maximum absolute atomic E-state index is 11.9. The van der Waals surface area contributed by atoms with Gasteiger partial charge in [-0.05, 0) is 33.8 Å². The molecular weight excluding hydrogens is 288 g/mol. The normalized spacial score (nSPS) is 48.5. The quantitative estimate of drug-likeness (QED) is 0.732. The molecule has 6 nitrogen and oxygen atoms in total. The van der Waals surface area contributed by atoms with Gasteiger partial charge >= 0.3 is 0 Å². The molecule has 3 saturated heterocycles. The summed E-state index contributed by atoms with van der Waals surface area (Å²) in [6.07, 6.45) is 2.55. The molecule has 0 N–H and O–H groups in total. The zero-order chi connectivity index (χ0) is 15.8. The van der Waals surface area contributed by atoms with Crippen molar-refractivity contribution in [2.45, 2.75) is 70.3 Å². The largest absolute Gasteiger partial charge is 0.348 e. The predicted molar refractivity (Wildman–Crippen MR) is 74.8 cm³/mol. The van der Waals surface area contributed by atoms with Crippen molar-refractivity contribution in [2.24, 2.45) is 5.41 Å². The molecule has 3 fully saturated rings. The molecule has 6 heteroatoms. The van der Waals surface area contributed by atoms with E-state index in [1.165, 1.54) is 0 Å². The fourth-order valence-electron chi connectivity index (χ4n) is 3.98. The van der Waals surface area contributed by atoms with E-state index in [4.69, 9.17) is 23.7 Å². The SMILES string of the molecule is CC1(C)OC[C@H]([C@H]2O[C@@H]3OC(C)(C)O[C@@H]3[C@]23C=CC(=O)C3)O1. The van der Waals surface area contributed by atoms with Crippen LogP contribution in [0.15, 0.2) is 12.2 Å². The average Bonchev–Trinajstić information content (AvgIpc) is 3.07. The number of hydrogen-bond acceptors (Lipinski definition) is 6. The van der Waals surface area contributed by atoms with Gasteiger partial charge in [-0.1, -0.05) is 6.08 Å². The van der Waals surface area contributed by atoms with Crippen LogP contribution >= 0.6 is 0 Å². The Hall–Kier alpha value is -0.790. The van der Waals surface area contributed by atoms with Crippen LogP contribution in [0, 0.1) is 5.41 Å². The van der Waals surface area contributed by atoms with Crippen LogP contribution in [0.2, 0.25) is 0 Å². The molecule has 0 amide bonds. The van der Waals surface area contributed by atoms with Gasteiger partial charge in [0.1, 0.15) is 18.3 Å². The van der Waals surface area contributed by atoms with Gasteiger partial charge in [0.05, 0.1) is 12.0 Å². The van der Waals surface area contributed by atoms with Crippen LogP contribution in [0.1, 0.15) is 34.1 Å². The van der Waals surface area contributed by atoms with E-state index in [0.717, 1.165) is 0 Å². The van der Waals surface area contributed by atoms with E-state index in [1.54, 1.807) is 6.08 Å². The minimum atomic E-state index is -0.709. The number of allylic oxidation sites excluding steroid dienone is 1. The fraction of sp³-hybridized carbons (Fsp3) is 0.812. The molecule has 3 heterocycles. The van der Waals surface area contributed by atoms with Crippen LogP contribution in [0.25, 0.3) is 0 Å². The van der Waals surface area contributed by atoms with Crippen molar-refractivity contribution in [3.63, 3.8) is 0 Å². The zero-order valence-electron chi connectivity index (χ0n) is 13.3. The summed E-state index contributed by atoms with van der Waals surface area (Å²) in [5, 5.41) is 0. The number of carbonyl (C=O) groups excluding carboxylic acids is 1. The Bertz CT molecular complexity index is 539. The summed E-state index contributed by atoms with van der Waals surface area (Å²) in [6.45, 7) is 7.90. The first-order chi connectivity index (χ1) is 10.2. The lowest BCUT2D eigenvalue weighted by atomic mass is 9.76. The summed E-state index contributed by atoms with van der Waals surface area (Å²) in [5.41, 5.74) is -0.538. The van der Waals surface area contributed by atoms with E-state index < -0.39 is 23.3 Å². The monoisotopic (exact) mass is 310 g/mol. The topological polar surface area (TPSA) is 63.2 Å². The number of carbonyl (C=O) groups is 1. The molecule has 0 aromatic heterocycles. The van der Waals surface area contributed by atoms with Crippen molar-refractivity contribution in [1.82, 2.24) is 0 Å². The molecule has 3 aliphatic heterocycles. The van der Waals surface area contributed by atoms with Crippen molar-refractivity contribution >= 4 is 5.78 Å². The lowest BCUT2D eigenvalue weighted by Gasteiger charge is -2.35. The van der Waals surface area contributed by atoms with Crippen LogP contribution in [0.4, 0.5) is 0 Å². The molecule has 5 atom stereocenters. The molecule has 4 rings (SSSR count). The average molecular weight is 310 g/mol. The Kier molecular flexibility index (Phi) is 2.95. The minimum Gasteiger partial charge on any atom is -0.348 e. The molecule has 0 unspecified atom stereocenters. The standard InChI is InChI=1S/C16H22O6/c1-14(2)18-8-10(20-14)11-16(6-5-9(17)7-16)12-13(19-11)22-15(3,4)21-12/h5-6,10-13H,7-8H2,1-4H3/t10-,11-,12+,13-,16+/m1/s1. The molecular formula is C16H22O6. The second-order valence-electron chi connectivity index (χ2n) is 7.44. The third kappa shape index (κ3) is 2.09. The molecule has 0 aromatic rings. The van der Waals surface area contributed by atoms with Gasteiger partial charge in [0.15, 0.2) is 23.6 Å². The van der Waals surface area contributed by atoms with Gasteiger partial charge in [-0.2, -0.15) is 0 Å². The molecule has 0 aromatic carbocycles.